The fraction of sp³-hybridized carbons (Fsp3) is 0.524. The van der Waals surface area contributed by atoms with Gasteiger partial charge in [0, 0.05) is 25.6 Å². The second-order valence-corrected chi connectivity index (χ2v) is 12.8. The molecule has 0 radical (unpaired) electrons. The third-order valence-corrected chi connectivity index (χ3v) is 9.32. The van der Waals surface area contributed by atoms with Crippen molar-refractivity contribution in [3.05, 3.63) is 24.4 Å². The minimum absolute atomic E-state index is 0.0294. The van der Waals surface area contributed by atoms with Gasteiger partial charge < -0.3 is 20.1 Å². The summed E-state index contributed by atoms with van der Waals surface area (Å²) in [4.78, 5) is 38.8. The molecule has 0 aromatic carbocycles. The van der Waals surface area contributed by atoms with Gasteiger partial charge in [0.25, 0.3) is 0 Å². The molecule has 3 aromatic rings. The van der Waals surface area contributed by atoms with E-state index in [0.717, 1.165) is 6.33 Å². The SMILES string of the molecule is Nc1ncnc2c1ncn2[C@@H]1O[C@@H]2CNS(=O)(=O)O[C@H]3C[C@H](n4ncc5c4N=CCC5=O)O[C@@H]3COP(=O)(O)O[C@H]2[C@H]1F. The molecule has 4 aliphatic rings. The number of hydrogen-bond donors (Lipinski definition) is 3. The number of aromatic nitrogens is 6. The number of nitrogens with one attached hydrogen (secondary N) is 1. The van der Waals surface area contributed by atoms with E-state index >= 15 is 4.39 Å². The van der Waals surface area contributed by atoms with Gasteiger partial charge in [-0.1, -0.05) is 0 Å². The molecule has 19 nitrogen and oxygen atoms in total. The molecule has 4 aliphatic heterocycles. The van der Waals surface area contributed by atoms with E-state index in [1.807, 2.05) is 0 Å². The highest BCUT2D eigenvalue weighted by Gasteiger charge is 2.52. The Morgan fingerprint density at radius 1 is 1.19 bits per heavy atom. The van der Waals surface area contributed by atoms with Crippen molar-refractivity contribution < 1.29 is 49.8 Å². The lowest BCUT2D eigenvalue weighted by molar-refractivity contribution is -0.0506. The van der Waals surface area contributed by atoms with Crippen molar-refractivity contribution in [1.29, 1.82) is 0 Å². The number of hydrogen-bond acceptors (Lipinski definition) is 15. The summed E-state index contributed by atoms with van der Waals surface area (Å²) in [6.45, 7) is -1.30. The Kier molecular flexibility index (Phi) is 6.91. The van der Waals surface area contributed by atoms with Crippen LogP contribution in [0.5, 0.6) is 0 Å². The number of ketones is 1. The van der Waals surface area contributed by atoms with Gasteiger partial charge >= 0.3 is 18.1 Å². The smallest absolute Gasteiger partial charge is 0.382 e. The lowest BCUT2D eigenvalue weighted by Crippen LogP contribution is -2.43. The molecule has 0 amide bonds. The van der Waals surface area contributed by atoms with Crippen LogP contribution in [0.25, 0.3) is 11.2 Å². The molecule has 1 unspecified atom stereocenters. The van der Waals surface area contributed by atoms with Crippen LogP contribution in [-0.2, 0) is 37.6 Å². The molecule has 4 N–H and O–H groups in total. The monoisotopic (exact) mass is 643 g/mol. The van der Waals surface area contributed by atoms with E-state index in [1.54, 1.807) is 0 Å². The van der Waals surface area contributed by atoms with E-state index in [9.17, 15) is 22.7 Å². The molecule has 0 spiro atoms. The van der Waals surface area contributed by atoms with E-state index < -0.39 is 74.3 Å². The quantitative estimate of drug-likeness (QED) is 0.307. The molecular formula is C21H23FN9O10PS. The van der Waals surface area contributed by atoms with Crippen LogP contribution in [0.2, 0.25) is 0 Å². The highest BCUT2D eigenvalue weighted by atomic mass is 32.2. The second-order valence-electron chi connectivity index (χ2n) is 9.99. The summed E-state index contributed by atoms with van der Waals surface area (Å²) < 4.78 is 86.7. The normalized spacial score (nSPS) is 36.0. The molecule has 3 saturated heterocycles. The van der Waals surface area contributed by atoms with Gasteiger partial charge in [-0.3, -0.25) is 22.6 Å². The number of phosphoric acid groups is 1. The molecule has 43 heavy (non-hydrogen) atoms. The molecule has 3 fully saturated rings. The highest BCUT2D eigenvalue weighted by Crippen LogP contribution is 2.50. The Hall–Kier alpha value is -3.27. The Morgan fingerprint density at radius 3 is 2.86 bits per heavy atom. The van der Waals surface area contributed by atoms with Crippen LogP contribution in [0, 0.1) is 0 Å². The Morgan fingerprint density at radius 2 is 2.02 bits per heavy atom. The zero-order chi connectivity index (χ0) is 30.1. The number of aliphatic imine (C=N–C) groups is 1. The number of carbonyl (C=O) groups excluding carboxylic acids is 1. The van der Waals surface area contributed by atoms with Crippen molar-refractivity contribution in [2.75, 3.05) is 18.9 Å². The number of anilines is 1. The van der Waals surface area contributed by atoms with Crippen LogP contribution in [0.15, 0.2) is 23.8 Å². The van der Waals surface area contributed by atoms with Gasteiger partial charge in [0.1, 0.15) is 36.3 Å². The number of imidazole rings is 1. The number of Topliss-reactive ketones (excluding diaryl/α,β-unsaturated/α-hetero) is 1. The van der Waals surface area contributed by atoms with E-state index in [2.05, 4.69) is 29.8 Å². The van der Waals surface area contributed by atoms with Crippen LogP contribution in [0.1, 0.15) is 35.7 Å². The average Bonchev–Trinajstić information content (AvgIpc) is 3.72. The lowest BCUT2D eigenvalue weighted by Gasteiger charge is -2.25. The predicted molar refractivity (Wildman–Crippen MR) is 139 cm³/mol. The molecule has 7 heterocycles. The van der Waals surface area contributed by atoms with E-state index in [0.29, 0.717) is 0 Å². The van der Waals surface area contributed by atoms with Crippen molar-refractivity contribution in [1.82, 2.24) is 34.0 Å². The summed E-state index contributed by atoms with van der Waals surface area (Å²) in [7, 11) is -9.51. The predicted octanol–water partition coefficient (Wildman–Crippen LogP) is -0.148. The number of fused-ring (bicyclic) bond motifs is 4. The average molecular weight is 644 g/mol. The molecule has 3 aromatic heterocycles. The number of carbonyl (C=O) groups is 1. The number of rotatable bonds is 2. The molecule has 7 rings (SSSR count). The number of ether oxygens (including phenoxy) is 2. The summed E-state index contributed by atoms with van der Waals surface area (Å²) in [6, 6.07) is 0. The number of phosphoric ester groups is 1. The molecule has 0 aliphatic carbocycles. The number of halogens is 1. The molecule has 0 saturated carbocycles. The maximum absolute atomic E-state index is 15.8. The van der Waals surface area contributed by atoms with Gasteiger partial charge in [-0.15, -0.1) is 0 Å². The van der Waals surface area contributed by atoms with E-state index in [4.69, 9.17) is 28.4 Å². The number of nitrogen functional groups attached to an aromatic ring is 1. The van der Waals surface area contributed by atoms with Gasteiger partial charge in [-0.2, -0.15) is 18.2 Å². The summed E-state index contributed by atoms with van der Waals surface area (Å²) in [5, 5.41) is 4.15. The molecular weight excluding hydrogens is 620 g/mol. The van der Waals surface area contributed by atoms with Crippen molar-refractivity contribution in [3.8, 4) is 0 Å². The number of nitrogens with two attached hydrogens (primary N) is 1. The van der Waals surface area contributed by atoms with E-state index in [-0.39, 0.29) is 47.0 Å². The van der Waals surface area contributed by atoms with Crippen LogP contribution >= 0.6 is 7.82 Å². The van der Waals surface area contributed by atoms with Gasteiger partial charge in [0.15, 0.2) is 41.7 Å². The first-order chi connectivity index (χ1) is 20.5. The third kappa shape index (κ3) is 5.15. The summed E-state index contributed by atoms with van der Waals surface area (Å²) in [5.74, 6) is 0.0389. The molecule has 22 heteroatoms. The van der Waals surface area contributed by atoms with Crippen molar-refractivity contribution in [2.45, 2.75) is 55.9 Å². The Labute approximate surface area is 241 Å². The first-order valence-corrected chi connectivity index (χ1v) is 15.7. The van der Waals surface area contributed by atoms with Crippen molar-refractivity contribution in [2.24, 2.45) is 4.99 Å². The minimum Gasteiger partial charge on any atom is -0.382 e. The fourth-order valence-corrected chi connectivity index (χ4v) is 7.24. The van der Waals surface area contributed by atoms with Crippen molar-refractivity contribution in [3.63, 3.8) is 0 Å². The maximum atomic E-state index is 15.8. The van der Waals surface area contributed by atoms with Crippen LogP contribution in [0.4, 0.5) is 16.0 Å². The fourth-order valence-electron chi connectivity index (χ4n) is 5.31. The van der Waals surface area contributed by atoms with Gasteiger partial charge in [-0.05, 0) is 0 Å². The third-order valence-electron chi connectivity index (χ3n) is 7.31. The summed E-state index contributed by atoms with van der Waals surface area (Å²) in [5.41, 5.74) is 6.34. The highest BCUT2D eigenvalue weighted by molar-refractivity contribution is 7.84. The lowest BCUT2D eigenvalue weighted by atomic mass is 10.1. The van der Waals surface area contributed by atoms with Gasteiger partial charge in [-0.25, -0.2) is 33.6 Å². The van der Waals surface area contributed by atoms with E-state index in [1.165, 1.54) is 28.0 Å². The molecule has 0 bridgehead atoms. The molecule has 8 atom stereocenters. The van der Waals surface area contributed by atoms with Gasteiger partial charge in [0.05, 0.1) is 24.7 Å². The summed E-state index contributed by atoms with van der Waals surface area (Å²) >= 11 is 0. The first-order valence-electron chi connectivity index (χ1n) is 12.8. The zero-order valence-electron chi connectivity index (χ0n) is 21.7. The molecule has 230 valence electrons. The first kappa shape index (κ1) is 28.5. The van der Waals surface area contributed by atoms with Gasteiger partial charge in [0.2, 0.25) is 0 Å². The van der Waals surface area contributed by atoms with Crippen molar-refractivity contribution >= 4 is 52.9 Å². The maximum Gasteiger partial charge on any atom is 0.472 e. The summed E-state index contributed by atoms with van der Waals surface area (Å²) in [6.07, 6.45) is -5.18. The standard InChI is InChI=1S/C21H23FN9O10PS/c22-15-17-12(39-21(15)30-8-27-16-18(23)25-7-26-20(16)30)5-29-43(35,36)41-11-3-14(38-13(11)6-37-42(33,34)40-17)31-19-9(4-28-31)10(32)1-2-24-19/h2,4,7-8,11-15,17,21,29H,1,3,5-6H2,(H,33,34)(H2,23,25,26)/t11-,12+,13+,14+,15+,17+,21+/m0/s1. The van der Waals surface area contributed by atoms with Crippen LogP contribution in [-0.4, -0.2) is 98.3 Å². The number of nitrogens with zero attached hydrogens (tertiary/aromatic N) is 7. The zero-order valence-corrected chi connectivity index (χ0v) is 23.5. The van der Waals surface area contributed by atoms with Crippen LogP contribution < -0.4 is 10.5 Å². The van der Waals surface area contributed by atoms with Crippen LogP contribution in [0.3, 0.4) is 0 Å². The largest absolute Gasteiger partial charge is 0.472 e. The number of alkyl halides is 1. The Bertz CT molecular complexity index is 1790. The topological polar surface area (TPSA) is 246 Å². The minimum atomic E-state index is -4.99. The Balaban J connectivity index is 1.14. The second kappa shape index (κ2) is 10.4.